The summed E-state index contributed by atoms with van der Waals surface area (Å²) in [5.41, 5.74) is -3.40. The van der Waals surface area contributed by atoms with E-state index in [-0.39, 0.29) is 16.7 Å². The first kappa shape index (κ1) is 26.9. The molecule has 4 heteroatoms. The third-order valence-corrected chi connectivity index (χ3v) is 6.96. The molecule has 0 aromatic carbocycles. The highest BCUT2D eigenvalue weighted by molar-refractivity contribution is 5.87. The summed E-state index contributed by atoms with van der Waals surface area (Å²) < 4.78 is 0. The SMILES string of the molecule is CCC(C(=O)O)(C(C)C)C(CC)(C(=O)O)C(C)(CCC(C)(C)C)CC(C)(C)C. The summed E-state index contributed by atoms with van der Waals surface area (Å²) in [4.78, 5) is 25.8. The molecule has 0 aliphatic carbocycles. The molecule has 0 amide bonds. The first-order valence-corrected chi connectivity index (χ1v) is 10.8. The van der Waals surface area contributed by atoms with Gasteiger partial charge in [-0.05, 0) is 54.3 Å². The fourth-order valence-corrected chi connectivity index (χ4v) is 5.94. The van der Waals surface area contributed by atoms with Gasteiger partial charge in [-0.3, -0.25) is 9.59 Å². The molecule has 2 N–H and O–H groups in total. The number of hydrogen-bond donors (Lipinski definition) is 2. The van der Waals surface area contributed by atoms with E-state index < -0.39 is 28.2 Å². The summed E-state index contributed by atoms with van der Waals surface area (Å²) in [5.74, 6) is -2.24. The van der Waals surface area contributed by atoms with E-state index in [0.29, 0.717) is 25.7 Å². The lowest BCUT2D eigenvalue weighted by molar-refractivity contribution is -0.203. The van der Waals surface area contributed by atoms with Gasteiger partial charge in [-0.2, -0.15) is 0 Å². The van der Waals surface area contributed by atoms with Gasteiger partial charge in [-0.1, -0.05) is 76.2 Å². The molecule has 0 fully saturated rings. The fourth-order valence-electron chi connectivity index (χ4n) is 5.94. The zero-order valence-corrected chi connectivity index (χ0v) is 20.3. The lowest BCUT2D eigenvalue weighted by atomic mass is 9.43. The highest BCUT2D eigenvalue weighted by Gasteiger charge is 2.68. The van der Waals surface area contributed by atoms with Crippen LogP contribution in [0, 0.1) is 33.0 Å². The van der Waals surface area contributed by atoms with Crippen LogP contribution in [0.3, 0.4) is 0 Å². The van der Waals surface area contributed by atoms with Crippen LogP contribution in [0.1, 0.15) is 108 Å². The van der Waals surface area contributed by atoms with Crippen LogP contribution in [0.25, 0.3) is 0 Å². The van der Waals surface area contributed by atoms with E-state index in [1.807, 2.05) is 34.6 Å². The summed E-state index contributed by atoms with van der Waals surface area (Å²) in [7, 11) is 0. The maximum absolute atomic E-state index is 13.1. The number of rotatable bonds is 10. The van der Waals surface area contributed by atoms with E-state index in [2.05, 4.69) is 41.5 Å². The van der Waals surface area contributed by atoms with Crippen LogP contribution in [-0.4, -0.2) is 22.2 Å². The second kappa shape index (κ2) is 8.75. The molecule has 3 unspecified atom stereocenters. The Bertz CT molecular complexity index is 552. The Hall–Kier alpha value is -1.06. The third-order valence-electron chi connectivity index (χ3n) is 6.96. The summed E-state index contributed by atoms with van der Waals surface area (Å²) in [6.07, 6.45) is 2.81. The maximum Gasteiger partial charge on any atom is 0.311 e. The van der Waals surface area contributed by atoms with E-state index >= 15 is 0 Å². The van der Waals surface area contributed by atoms with Gasteiger partial charge in [0.05, 0.1) is 10.8 Å². The van der Waals surface area contributed by atoms with Gasteiger partial charge in [0, 0.05) is 0 Å². The summed E-state index contributed by atoms with van der Waals surface area (Å²) in [5, 5.41) is 21.1. The van der Waals surface area contributed by atoms with Crippen molar-refractivity contribution in [3.05, 3.63) is 0 Å². The number of carbonyl (C=O) groups is 2. The fraction of sp³-hybridized carbons (Fsp3) is 0.917. The third kappa shape index (κ3) is 4.91. The van der Waals surface area contributed by atoms with Gasteiger partial charge in [0.15, 0.2) is 0 Å². The molecular formula is C24H46O4. The van der Waals surface area contributed by atoms with E-state index in [4.69, 9.17) is 0 Å². The first-order chi connectivity index (χ1) is 12.4. The van der Waals surface area contributed by atoms with Crippen molar-refractivity contribution in [2.24, 2.45) is 33.0 Å². The second-order valence-electron chi connectivity index (χ2n) is 11.7. The molecule has 0 saturated heterocycles. The number of hydrogen-bond acceptors (Lipinski definition) is 2. The normalized spacial score (nSPS) is 19.6. The van der Waals surface area contributed by atoms with E-state index in [1.165, 1.54) is 0 Å². The molecule has 0 rings (SSSR count). The predicted molar refractivity (Wildman–Crippen MR) is 116 cm³/mol. The summed E-state index contributed by atoms with van der Waals surface area (Å²) in [6.45, 7) is 22.3. The minimum atomic E-state index is -1.35. The van der Waals surface area contributed by atoms with Crippen LogP contribution < -0.4 is 0 Å². The first-order valence-electron chi connectivity index (χ1n) is 10.8. The molecule has 0 aromatic rings. The average molecular weight is 399 g/mol. The molecule has 4 nitrogen and oxygen atoms in total. The quantitative estimate of drug-likeness (QED) is 0.421. The van der Waals surface area contributed by atoms with E-state index in [1.54, 1.807) is 0 Å². The topological polar surface area (TPSA) is 74.6 Å². The average Bonchev–Trinajstić information content (AvgIpc) is 2.46. The molecule has 3 atom stereocenters. The van der Waals surface area contributed by atoms with Crippen LogP contribution in [-0.2, 0) is 9.59 Å². The molecule has 0 heterocycles. The molecule has 28 heavy (non-hydrogen) atoms. The van der Waals surface area contributed by atoms with Gasteiger partial charge < -0.3 is 10.2 Å². The van der Waals surface area contributed by atoms with Crippen molar-refractivity contribution in [3.8, 4) is 0 Å². The molecule has 166 valence electrons. The van der Waals surface area contributed by atoms with Crippen molar-refractivity contribution in [2.75, 3.05) is 0 Å². The molecule has 0 aliphatic heterocycles. The van der Waals surface area contributed by atoms with Gasteiger partial charge in [-0.25, -0.2) is 0 Å². The van der Waals surface area contributed by atoms with Crippen LogP contribution in [0.15, 0.2) is 0 Å². The van der Waals surface area contributed by atoms with Crippen molar-refractivity contribution in [2.45, 2.75) is 108 Å². The highest BCUT2D eigenvalue weighted by atomic mass is 16.4. The molecule has 0 radical (unpaired) electrons. The zero-order valence-electron chi connectivity index (χ0n) is 20.3. The molecule has 0 aliphatic rings. The Balaban J connectivity index is 7.09. The second-order valence-corrected chi connectivity index (χ2v) is 11.7. The van der Waals surface area contributed by atoms with Crippen molar-refractivity contribution in [1.29, 1.82) is 0 Å². The van der Waals surface area contributed by atoms with Crippen LogP contribution in [0.5, 0.6) is 0 Å². The predicted octanol–water partition coefficient (Wildman–Crippen LogP) is 6.87. The Morgan fingerprint density at radius 1 is 0.750 bits per heavy atom. The molecule has 0 aromatic heterocycles. The molecule has 0 bridgehead atoms. The lowest BCUT2D eigenvalue weighted by Gasteiger charge is -2.58. The lowest BCUT2D eigenvalue weighted by Crippen LogP contribution is -2.63. The Morgan fingerprint density at radius 2 is 1.21 bits per heavy atom. The van der Waals surface area contributed by atoms with Gasteiger partial charge in [0.25, 0.3) is 0 Å². The molecule has 0 spiro atoms. The van der Waals surface area contributed by atoms with Crippen LogP contribution in [0.2, 0.25) is 0 Å². The van der Waals surface area contributed by atoms with Gasteiger partial charge in [0.2, 0.25) is 0 Å². The van der Waals surface area contributed by atoms with Crippen molar-refractivity contribution >= 4 is 11.9 Å². The monoisotopic (exact) mass is 398 g/mol. The number of carboxylic acid groups (broad SMARTS) is 2. The largest absolute Gasteiger partial charge is 0.481 e. The summed E-state index contributed by atoms with van der Waals surface area (Å²) in [6, 6.07) is 0. The summed E-state index contributed by atoms with van der Waals surface area (Å²) >= 11 is 0. The highest BCUT2D eigenvalue weighted by Crippen LogP contribution is 2.64. The molecular weight excluding hydrogens is 352 g/mol. The maximum atomic E-state index is 13.1. The van der Waals surface area contributed by atoms with Crippen molar-refractivity contribution < 1.29 is 19.8 Å². The smallest absolute Gasteiger partial charge is 0.311 e. The minimum absolute atomic E-state index is 0.0487. The van der Waals surface area contributed by atoms with Crippen LogP contribution in [0.4, 0.5) is 0 Å². The van der Waals surface area contributed by atoms with Gasteiger partial charge in [-0.15, -0.1) is 0 Å². The van der Waals surface area contributed by atoms with E-state index in [9.17, 15) is 19.8 Å². The van der Waals surface area contributed by atoms with Crippen molar-refractivity contribution in [1.82, 2.24) is 0 Å². The standard InChI is InChI=1S/C24H46O4/c1-12-23(17(3)4,18(25)26)24(13-2,19(27)28)22(11,16-21(8,9)10)15-14-20(5,6)7/h17H,12-16H2,1-11H3,(H,25,26)(H,27,28). The minimum Gasteiger partial charge on any atom is -0.481 e. The van der Waals surface area contributed by atoms with Gasteiger partial charge >= 0.3 is 11.9 Å². The van der Waals surface area contributed by atoms with Gasteiger partial charge in [0.1, 0.15) is 0 Å². The Labute approximate surface area is 173 Å². The van der Waals surface area contributed by atoms with E-state index in [0.717, 1.165) is 6.42 Å². The van der Waals surface area contributed by atoms with Crippen LogP contribution >= 0.6 is 0 Å². The number of carboxylic acids is 2. The Morgan fingerprint density at radius 3 is 1.43 bits per heavy atom. The van der Waals surface area contributed by atoms with Crippen molar-refractivity contribution in [3.63, 3.8) is 0 Å². The molecule has 0 saturated carbocycles. The Kier molecular flexibility index (Phi) is 8.42. The number of aliphatic carboxylic acids is 2. The zero-order chi connectivity index (χ0) is 22.8.